The molecule has 1 aromatic heterocycles. The Bertz CT molecular complexity index is 414. The lowest BCUT2D eigenvalue weighted by atomic mass is 10.0. The average Bonchev–Trinajstić information content (AvgIpc) is 2.78. The number of aryl methyl sites for hydroxylation is 1. The van der Waals surface area contributed by atoms with Crippen molar-refractivity contribution >= 4 is 17.8 Å². The number of aromatic nitrogens is 2. The van der Waals surface area contributed by atoms with Gasteiger partial charge in [0.15, 0.2) is 0 Å². The van der Waals surface area contributed by atoms with Crippen LogP contribution in [0.5, 0.6) is 0 Å². The summed E-state index contributed by atoms with van der Waals surface area (Å²) in [5, 5.41) is 12.2. The van der Waals surface area contributed by atoms with Gasteiger partial charge in [-0.15, -0.1) is 0 Å². The summed E-state index contributed by atoms with van der Waals surface area (Å²) in [4.78, 5) is 0. The number of rotatable bonds is 5. The molecule has 0 radical (unpaired) electrons. The normalized spacial score (nSPS) is 12.9. The van der Waals surface area contributed by atoms with E-state index in [1.807, 2.05) is 38.6 Å². The molecule has 0 bridgehead atoms. The SMILES string of the molecule is C=C/C(=C(\C)Cl)C(CC=N)n1cc(C)cn1.CC. The van der Waals surface area contributed by atoms with Gasteiger partial charge in [0.05, 0.1) is 12.2 Å². The van der Waals surface area contributed by atoms with Crippen LogP contribution < -0.4 is 0 Å². The zero-order chi connectivity index (χ0) is 14.1. The van der Waals surface area contributed by atoms with Crippen molar-refractivity contribution in [2.24, 2.45) is 0 Å². The van der Waals surface area contributed by atoms with Crippen LogP contribution in [0.3, 0.4) is 0 Å². The number of nitrogens with zero attached hydrogens (tertiary/aromatic N) is 2. The van der Waals surface area contributed by atoms with Crippen LogP contribution in [0.2, 0.25) is 0 Å². The highest BCUT2D eigenvalue weighted by molar-refractivity contribution is 6.29. The van der Waals surface area contributed by atoms with Gasteiger partial charge in [-0.25, -0.2) is 0 Å². The summed E-state index contributed by atoms with van der Waals surface area (Å²) in [7, 11) is 0. The Balaban J connectivity index is 0.00000137. The molecule has 1 heterocycles. The van der Waals surface area contributed by atoms with Crippen LogP contribution in [0.15, 0.2) is 35.7 Å². The van der Waals surface area contributed by atoms with Crippen LogP contribution in [0.25, 0.3) is 0 Å². The maximum absolute atomic E-state index is 7.23. The van der Waals surface area contributed by atoms with Crippen LogP contribution in [-0.4, -0.2) is 16.0 Å². The standard InChI is InChI=1S/C12H16ClN3.C2H6/c1-4-11(10(3)13)12(5-6-14)16-8-9(2)7-15-16;1-2/h4,6-8,12,14H,1,5H2,2-3H3;1-2H3/b11-10-,14-6?;. The molecule has 0 aliphatic carbocycles. The van der Waals surface area contributed by atoms with Gasteiger partial charge in [0.1, 0.15) is 0 Å². The quantitative estimate of drug-likeness (QED) is 0.619. The molecular weight excluding hydrogens is 246 g/mol. The fourth-order valence-corrected chi connectivity index (χ4v) is 1.80. The maximum Gasteiger partial charge on any atom is 0.0828 e. The highest BCUT2D eigenvalue weighted by Gasteiger charge is 2.15. The van der Waals surface area contributed by atoms with Gasteiger partial charge in [0.2, 0.25) is 0 Å². The molecule has 0 aliphatic rings. The topological polar surface area (TPSA) is 41.7 Å². The number of hydrogen-bond donors (Lipinski definition) is 1. The maximum atomic E-state index is 7.23. The summed E-state index contributed by atoms with van der Waals surface area (Å²) in [5.74, 6) is 0. The first-order valence-corrected chi connectivity index (χ1v) is 6.46. The van der Waals surface area contributed by atoms with E-state index in [0.717, 1.165) is 11.1 Å². The predicted octanol–water partition coefficient (Wildman–Crippen LogP) is 4.50. The fourth-order valence-electron chi connectivity index (χ4n) is 1.60. The summed E-state index contributed by atoms with van der Waals surface area (Å²) < 4.78 is 1.82. The van der Waals surface area contributed by atoms with Gasteiger partial charge in [0, 0.05) is 17.6 Å². The third-order valence-corrected chi connectivity index (χ3v) is 2.59. The van der Waals surface area contributed by atoms with E-state index in [0.29, 0.717) is 11.5 Å². The lowest BCUT2D eigenvalue weighted by Gasteiger charge is -2.17. The Labute approximate surface area is 115 Å². The number of halogens is 1. The third-order valence-electron chi connectivity index (χ3n) is 2.37. The Morgan fingerprint density at radius 2 is 2.22 bits per heavy atom. The van der Waals surface area contributed by atoms with E-state index in [4.69, 9.17) is 17.0 Å². The summed E-state index contributed by atoms with van der Waals surface area (Å²) >= 11 is 6.02. The average molecular weight is 268 g/mol. The Morgan fingerprint density at radius 3 is 2.56 bits per heavy atom. The smallest absolute Gasteiger partial charge is 0.0828 e. The second-order valence-corrected chi connectivity index (χ2v) is 4.21. The number of allylic oxidation sites excluding steroid dienone is 3. The van der Waals surface area contributed by atoms with E-state index in [2.05, 4.69) is 11.7 Å². The van der Waals surface area contributed by atoms with E-state index < -0.39 is 0 Å². The first kappa shape index (κ1) is 16.6. The second-order valence-electron chi connectivity index (χ2n) is 3.65. The van der Waals surface area contributed by atoms with E-state index in [1.54, 1.807) is 12.3 Å². The predicted molar refractivity (Wildman–Crippen MR) is 79.5 cm³/mol. The monoisotopic (exact) mass is 267 g/mol. The molecule has 1 N–H and O–H groups in total. The minimum atomic E-state index is -0.0406. The molecule has 1 unspecified atom stereocenters. The van der Waals surface area contributed by atoms with Crippen molar-refractivity contribution in [3.63, 3.8) is 0 Å². The van der Waals surface area contributed by atoms with Crippen LogP contribution >= 0.6 is 11.6 Å². The van der Waals surface area contributed by atoms with Crippen molar-refractivity contribution in [2.45, 2.75) is 40.2 Å². The second kappa shape index (κ2) is 8.70. The van der Waals surface area contributed by atoms with Crippen molar-refractivity contribution in [1.29, 1.82) is 5.41 Å². The zero-order valence-electron chi connectivity index (χ0n) is 11.6. The number of hydrogen-bond acceptors (Lipinski definition) is 2. The zero-order valence-corrected chi connectivity index (χ0v) is 12.3. The molecule has 0 saturated heterocycles. The first-order valence-electron chi connectivity index (χ1n) is 6.08. The summed E-state index contributed by atoms with van der Waals surface area (Å²) in [6.07, 6.45) is 7.39. The van der Waals surface area contributed by atoms with Crippen LogP contribution in [0.4, 0.5) is 0 Å². The van der Waals surface area contributed by atoms with Gasteiger partial charge >= 0.3 is 0 Å². The molecule has 0 aromatic carbocycles. The molecular formula is C14H22ClN3. The van der Waals surface area contributed by atoms with Crippen LogP contribution in [0.1, 0.15) is 38.8 Å². The molecule has 0 amide bonds. The molecule has 0 spiro atoms. The highest BCUT2D eigenvalue weighted by atomic mass is 35.5. The Morgan fingerprint density at radius 1 is 1.61 bits per heavy atom. The molecule has 0 fully saturated rings. The summed E-state index contributed by atoms with van der Waals surface area (Å²) in [6, 6.07) is -0.0406. The Hall–Kier alpha value is -1.35. The minimum Gasteiger partial charge on any atom is -0.313 e. The molecule has 100 valence electrons. The fraction of sp³-hybridized carbons (Fsp3) is 0.429. The lowest BCUT2D eigenvalue weighted by molar-refractivity contribution is 0.538. The van der Waals surface area contributed by atoms with Crippen LogP contribution in [-0.2, 0) is 0 Å². The van der Waals surface area contributed by atoms with Gasteiger partial charge in [0.25, 0.3) is 0 Å². The van der Waals surface area contributed by atoms with Gasteiger partial charge in [-0.2, -0.15) is 5.10 Å². The molecule has 18 heavy (non-hydrogen) atoms. The van der Waals surface area contributed by atoms with Crippen molar-refractivity contribution in [2.75, 3.05) is 0 Å². The molecule has 1 rings (SSSR count). The van der Waals surface area contributed by atoms with Gasteiger partial charge in [-0.05, 0) is 31.2 Å². The molecule has 4 heteroatoms. The largest absolute Gasteiger partial charge is 0.313 e. The Kier molecular flexibility index (Phi) is 8.05. The number of nitrogens with one attached hydrogen (secondary N) is 1. The molecule has 1 aromatic rings. The molecule has 3 nitrogen and oxygen atoms in total. The van der Waals surface area contributed by atoms with E-state index in [9.17, 15) is 0 Å². The summed E-state index contributed by atoms with van der Waals surface area (Å²) in [6.45, 7) is 11.6. The third kappa shape index (κ3) is 4.49. The molecule has 1 atom stereocenters. The molecule has 0 saturated carbocycles. The molecule has 0 aliphatic heterocycles. The van der Waals surface area contributed by atoms with Gasteiger partial charge in [-0.3, -0.25) is 4.68 Å². The highest BCUT2D eigenvalue weighted by Crippen LogP contribution is 2.26. The first-order chi connectivity index (χ1) is 8.60. The van der Waals surface area contributed by atoms with Crippen molar-refractivity contribution in [3.05, 3.63) is 41.2 Å². The van der Waals surface area contributed by atoms with Gasteiger partial charge in [-0.1, -0.05) is 38.1 Å². The van der Waals surface area contributed by atoms with Crippen molar-refractivity contribution in [3.8, 4) is 0 Å². The van der Waals surface area contributed by atoms with Crippen molar-refractivity contribution in [1.82, 2.24) is 9.78 Å². The van der Waals surface area contributed by atoms with E-state index in [-0.39, 0.29) is 6.04 Å². The van der Waals surface area contributed by atoms with Crippen LogP contribution in [0, 0.1) is 12.3 Å². The van der Waals surface area contributed by atoms with Crippen molar-refractivity contribution < 1.29 is 0 Å². The van der Waals surface area contributed by atoms with E-state index in [1.165, 1.54) is 6.21 Å². The van der Waals surface area contributed by atoms with E-state index >= 15 is 0 Å². The van der Waals surface area contributed by atoms with Gasteiger partial charge < -0.3 is 5.41 Å². The minimum absolute atomic E-state index is 0.0406. The lowest BCUT2D eigenvalue weighted by Crippen LogP contribution is -2.12. The summed E-state index contributed by atoms with van der Waals surface area (Å²) in [5.41, 5.74) is 2.00.